The van der Waals surface area contributed by atoms with E-state index in [0.717, 1.165) is 0 Å². The number of amides is 1. The van der Waals surface area contributed by atoms with Gasteiger partial charge in [0.25, 0.3) is 0 Å². The first kappa shape index (κ1) is 14.2. The van der Waals surface area contributed by atoms with Crippen LogP contribution in [0.5, 0.6) is 0 Å². The van der Waals surface area contributed by atoms with Crippen LogP contribution in [-0.2, 0) is 16.1 Å². The number of aryl methyl sites for hydroxylation is 1. The summed E-state index contributed by atoms with van der Waals surface area (Å²) in [7, 11) is 1.30. The van der Waals surface area contributed by atoms with Gasteiger partial charge in [0, 0.05) is 6.54 Å². The van der Waals surface area contributed by atoms with E-state index in [9.17, 15) is 9.59 Å². The van der Waals surface area contributed by atoms with E-state index in [-0.39, 0.29) is 18.1 Å². The molecule has 0 radical (unpaired) electrons. The highest BCUT2D eigenvalue weighted by atomic mass is 16.5. The summed E-state index contributed by atoms with van der Waals surface area (Å²) >= 11 is 0. The minimum atomic E-state index is -0.493. The van der Waals surface area contributed by atoms with Crippen LogP contribution in [0.4, 0.5) is 0 Å². The van der Waals surface area contributed by atoms with Gasteiger partial charge in [-0.15, -0.1) is 0 Å². The lowest BCUT2D eigenvalue weighted by molar-refractivity contribution is -0.121. The molecule has 0 aromatic carbocycles. The highest BCUT2D eigenvalue weighted by Gasteiger charge is 2.16. The fraction of sp³-hybridized carbons (Fsp3) is 0.583. The molecule has 100 valence electrons. The Bertz CT molecular complexity index is 438. The largest absolute Gasteiger partial charge is 0.464 e. The number of esters is 1. The average molecular weight is 253 g/mol. The molecule has 0 fully saturated rings. The number of carbonyl (C=O) groups is 2. The van der Waals surface area contributed by atoms with Crippen molar-refractivity contribution in [2.75, 3.05) is 13.7 Å². The molecule has 6 nitrogen and oxygen atoms in total. The fourth-order valence-electron chi connectivity index (χ4n) is 1.45. The zero-order chi connectivity index (χ0) is 13.7. The first-order chi connectivity index (χ1) is 8.45. The van der Waals surface area contributed by atoms with Crippen LogP contribution in [0.25, 0.3) is 0 Å². The highest BCUT2D eigenvalue weighted by Crippen LogP contribution is 2.06. The van der Waals surface area contributed by atoms with Gasteiger partial charge in [-0.25, -0.2) is 9.78 Å². The van der Waals surface area contributed by atoms with Crippen LogP contribution in [0.15, 0.2) is 6.20 Å². The number of nitrogens with zero attached hydrogens (tertiary/aromatic N) is 2. The van der Waals surface area contributed by atoms with E-state index in [1.807, 2.05) is 13.8 Å². The van der Waals surface area contributed by atoms with Gasteiger partial charge in [0.1, 0.15) is 18.1 Å². The summed E-state index contributed by atoms with van der Waals surface area (Å²) in [6, 6.07) is 0. The van der Waals surface area contributed by atoms with Crippen molar-refractivity contribution in [3.05, 3.63) is 17.7 Å². The minimum absolute atomic E-state index is 0.0724. The zero-order valence-corrected chi connectivity index (χ0v) is 11.2. The molecule has 1 aromatic heterocycles. The van der Waals surface area contributed by atoms with Gasteiger partial charge in [-0.3, -0.25) is 4.79 Å². The summed E-state index contributed by atoms with van der Waals surface area (Å²) in [6.07, 6.45) is 1.41. The SMILES string of the molecule is COC(=O)c1cnc(C)n1CC(=O)NCC(C)C. The predicted molar refractivity (Wildman–Crippen MR) is 66.2 cm³/mol. The second kappa shape index (κ2) is 6.18. The van der Waals surface area contributed by atoms with E-state index in [4.69, 9.17) is 0 Å². The molecule has 1 aromatic rings. The molecule has 0 saturated heterocycles. The smallest absolute Gasteiger partial charge is 0.356 e. The van der Waals surface area contributed by atoms with Crippen molar-refractivity contribution in [1.82, 2.24) is 14.9 Å². The molecule has 0 aliphatic carbocycles. The molecule has 0 spiro atoms. The number of methoxy groups -OCH3 is 1. The van der Waals surface area contributed by atoms with Crippen molar-refractivity contribution in [2.24, 2.45) is 5.92 Å². The van der Waals surface area contributed by atoms with Crippen LogP contribution in [0.3, 0.4) is 0 Å². The molecule has 0 unspecified atom stereocenters. The van der Waals surface area contributed by atoms with Gasteiger partial charge in [-0.1, -0.05) is 13.8 Å². The van der Waals surface area contributed by atoms with Crippen molar-refractivity contribution in [1.29, 1.82) is 0 Å². The molecular weight excluding hydrogens is 234 g/mol. The van der Waals surface area contributed by atoms with Crippen molar-refractivity contribution < 1.29 is 14.3 Å². The Kier molecular flexibility index (Phi) is 4.88. The number of imidazole rings is 1. The van der Waals surface area contributed by atoms with Gasteiger partial charge >= 0.3 is 5.97 Å². The van der Waals surface area contributed by atoms with E-state index < -0.39 is 5.97 Å². The molecule has 1 amide bonds. The van der Waals surface area contributed by atoms with Crippen LogP contribution in [0.2, 0.25) is 0 Å². The first-order valence-corrected chi connectivity index (χ1v) is 5.82. The molecular formula is C12H19N3O3. The summed E-state index contributed by atoms with van der Waals surface area (Å²) < 4.78 is 6.18. The number of carbonyl (C=O) groups excluding carboxylic acids is 2. The summed E-state index contributed by atoms with van der Waals surface area (Å²) in [5, 5.41) is 2.79. The second-order valence-corrected chi connectivity index (χ2v) is 4.47. The average Bonchev–Trinajstić information content (AvgIpc) is 2.68. The van der Waals surface area contributed by atoms with Gasteiger partial charge in [0.05, 0.1) is 13.3 Å². The maximum absolute atomic E-state index is 11.7. The van der Waals surface area contributed by atoms with Crippen LogP contribution in [-0.4, -0.2) is 35.1 Å². The Morgan fingerprint density at radius 1 is 1.50 bits per heavy atom. The van der Waals surface area contributed by atoms with Crippen LogP contribution < -0.4 is 5.32 Å². The molecule has 0 aliphatic heterocycles. The Morgan fingerprint density at radius 2 is 2.17 bits per heavy atom. The third-order valence-electron chi connectivity index (χ3n) is 2.46. The highest BCUT2D eigenvalue weighted by molar-refractivity contribution is 5.88. The number of aromatic nitrogens is 2. The topological polar surface area (TPSA) is 73.2 Å². The van der Waals surface area contributed by atoms with Gasteiger partial charge in [0.2, 0.25) is 5.91 Å². The molecule has 0 bridgehead atoms. The quantitative estimate of drug-likeness (QED) is 0.786. The Hall–Kier alpha value is -1.85. The summed E-state index contributed by atoms with van der Waals surface area (Å²) in [4.78, 5) is 27.2. The zero-order valence-electron chi connectivity index (χ0n) is 11.2. The van der Waals surface area contributed by atoms with Gasteiger partial charge in [-0.2, -0.15) is 0 Å². The molecule has 0 atom stereocenters. The van der Waals surface area contributed by atoms with Crippen LogP contribution in [0, 0.1) is 12.8 Å². The number of hydrogen-bond donors (Lipinski definition) is 1. The van der Waals surface area contributed by atoms with Crippen molar-refractivity contribution in [2.45, 2.75) is 27.3 Å². The molecule has 0 aliphatic rings. The molecule has 6 heteroatoms. The first-order valence-electron chi connectivity index (χ1n) is 5.82. The van der Waals surface area contributed by atoms with Crippen molar-refractivity contribution >= 4 is 11.9 Å². The maximum Gasteiger partial charge on any atom is 0.356 e. The van der Waals surface area contributed by atoms with Crippen LogP contribution in [0.1, 0.15) is 30.2 Å². The lowest BCUT2D eigenvalue weighted by atomic mass is 10.2. The third kappa shape index (κ3) is 3.58. The maximum atomic E-state index is 11.7. The Balaban J connectivity index is 2.74. The fourth-order valence-corrected chi connectivity index (χ4v) is 1.45. The minimum Gasteiger partial charge on any atom is -0.464 e. The van der Waals surface area contributed by atoms with E-state index >= 15 is 0 Å². The number of ether oxygens (including phenoxy) is 1. The number of hydrogen-bond acceptors (Lipinski definition) is 4. The lowest BCUT2D eigenvalue weighted by Gasteiger charge is -2.11. The van der Waals surface area contributed by atoms with E-state index in [0.29, 0.717) is 18.3 Å². The molecule has 0 saturated carbocycles. The number of nitrogens with one attached hydrogen (secondary N) is 1. The van der Waals surface area contributed by atoms with Crippen molar-refractivity contribution in [3.63, 3.8) is 0 Å². The van der Waals surface area contributed by atoms with Gasteiger partial charge in [-0.05, 0) is 12.8 Å². The summed E-state index contributed by atoms with van der Waals surface area (Å²) in [5.41, 5.74) is 0.287. The predicted octanol–water partition coefficient (Wildman–Crippen LogP) is 0.750. The second-order valence-electron chi connectivity index (χ2n) is 4.47. The van der Waals surface area contributed by atoms with E-state index in [1.54, 1.807) is 11.5 Å². The molecule has 18 heavy (non-hydrogen) atoms. The molecule has 1 N–H and O–H groups in total. The Morgan fingerprint density at radius 3 is 2.72 bits per heavy atom. The van der Waals surface area contributed by atoms with Crippen molar-refractivity contribution in [3.8, 4) is 0 Å². The summed E-state index contributed by atoms with van der Waals surface area (Å²) in [5.74, 6) is 0.357. The molecule has 1 rings (SSSR count). The monoisotopic (exact) mass is 253 g/mol. The summed E-state index contributed by atoms with van der Waals surface area (Å²) in [6.45, 7) is 6.45. The number of rotatable bonds is 5. The Labute approximate surface area is 106 Å². The molecule has 1 heterocycles. The van der Waals surface area contributed by atoms with Gasteiger partial charge in [0.15, 0.2) is 0 Å². The van der Waals surface area contributed by atoms with Crippen LogP contribution >= 0.6 is 0 Å². The van der Waals surface area contributed by atoms with E-state index in [1.165, 1.54) is 13.3 Å². The normalized spacial score (nSPS) is 10.5. The third-order valence-corrected chi connectivity index (χ3v) is 2.46. The standard InChI is InChI=1S/C12H19N3O3/c1-8(2)5-14-11(16)7-15-9(3)13-6-10(15)12(17)18-4/h6,8H,5,7H2,1-4H3,(H,14,16). The lowest BCUT2D eigenvalue weighted by Crippen LogP contribution is -2.31. The van der Waals surface area contributed by atoms with E-state index in [2.05, 4.69) is 15.0 Å². The van der Waals surface area contributed by atoms with Gasteiger partial charge < -0.3 is 14.6 Å².